The molecule has 0 N–H and O–H groups in total. The van der Waals surface area contributed by atoms with Crippen LogP contribution in [-0.2, 0) is 16.6 Å². The summed E-state index contributed by atoms with van der Waals surface area (Å²) in [6.45, 7) is 1.75. The third-order valence-corrected chi connectivity index (χ3v) is 5.70. The van der Waals surface area contributed by atoms with Gasteiger partial charge in [-0.15, -0.1) is 0 Å². The van der Waals surface area contributed by atoms with Crippen molar-refractivity contribution in [2.45, 2.75) is 18.4 Å². The summed E-state index contributed by atoms with van der Waals surface area (Å²) in [5, 5.41) is 0. The molecule has 3 aromatic carbocycles. The molecule has 128 valence electrons. The normalized spacial score (nSPS) is 11.3. The largest absolute Gasteiger partial charge is 0.264 e. The number of anilines is 1. The Bertz CT molecular complexity index is 958. The minimum atomic E-state index is -3.82. The van der Waals surface area contributed by atoms with Gasteiger partial charge in [-0.2, -0.15) is 0 Å². The molecule has 0 aliphatic rings. The molecule has 25 heavy (non-hydrogen) atoms. The molecule has 0 radical (unpaired) electrons. The van der Waals surface area contributed by atoms with Gasteiger partial charge in [0, 0.05) is 0 Å². The van der Waals surface area contributed by atoms with Crippen LogP contribution in [0.15, 0.2) is 83.8 Å². The third-order valence-electron chi connectivity index (χ3n) is 3.93. The lowest BCUT2D eigenvalue weighted by atomic mass is 10.2. The van der Waals surface area contributed by atoms with Crippen molar-refractivity contribution in [3.63, 3.8) is 0 Å². The highest BCUT2D eigenvalue weighted by Crippen LogP contribution is 2.26. The Morgan fingerprint density at radius 1 is 0.880 bits per heavy atom. The van der Waals surface area contributed by atoms with Gasteiger partial charge in [0.2, 0.25) is 0 Å². The monoisotopic (exact) mass is 355 g/mol. The number of halogens is 1. The van der Waals surface area contributed by atoms with Crippen LogP contribution in [0, 0.1) is 12.7 Å². The first-order chi connectivity index (χ1) is 12.0. The molecule has 3 nitrogen and oxygen atoms in total. The molecular weight excluding hydrogens is 337 g/mol. The van der Waals surface area contributed by atoms with Gasteiger partial charge in [0.25, 0.3) is 10.0 Å². The maximum atomic E-state index is 13.5. The van der Waals surface area contributed by atoms with E-state index in [0.717, 1.165) is 5.56 Å². The average molecular weight is 355 g/mol. The molecule has 0 aromatic heterocycles. The Labute approximate surface area is 147 Å². The van der Waals surface area contributed by atoms with E-state index in [2.05, 4.69) is 0 Å². The fourth-order valence-electron chi connectivity index (χ4n) is 2.56. The predicted molar refractivity (Wildman–Crippen MR) is 97.4 cm³/mol. The van der Waals surface area contributed by atoms with Crippen molar-refractivity contribution in [1.82, 2.24) is 0 Å². The Hall–Kier alpha value is -2.66. The predicted octanol–water partition coefficient (Wildman–Crippen LogP) is 4.53. The SMILES string of the molecule is Cc1cc(S(=O)(=O)N(Cc2ccccc2)c2ccccc2)ccc1F. The average Bonchev–Trinajstić information content (AvgIpc) is 2.63. The maximum absolute atomic E-state index is 13.5. The van der Waals surface area contributed by atoms with E-state index in [9.17, 15) is 12.8 Å². The lowest BCUT2D eigenvalue weighted by Crippen LogP contribution is -2.30. The number of hydrogen-bond acceptors (Lipinski definition) is 2. The third kappa shape index (κ3) is 3.72. The summed E-state index contributed by atoms with van der Waals surface area (Å²) in [5.74, 6) is -0.423. The van der Waals surface area contributed by atoms with Crippen LogP contribution in [0.1, 0.15) is 11.1 Å². The van der Waals surface area contributed by atoms with E-state index in [1.165, 1.54) is 22.5 Å². The van der Waals surface area contributed by atoms with Gasteiger partial charge in [0.15, 0.2) is 0 Å². The molecule has 0 heterocycles. The summed E-state index contributed by atoms with van der Waals surface area (Å²) in [5.41, 5.74) is 1.73. The Morgan fingerprint density at radius 3 is 2.08 bits per heavy atom. The van der Waals surface area contributed by atoms with Crippen LogP contribution >= 0.6 is 0 Å². The Morgan fingerprint density at radius 2 is 1.48 bits per heavy atom. The quantitative estimate of drug-likeness (QED) is 0.674. The van der Waals surface area contributed by atoms with E-state index in [1.807, 2.05) is 36.4 Å². The first-order valence-electron chi connectivity index (χ1n) is 7.86. The molecule has 0 saturated heterocycles. The maximum Gasteiger partial charge on any atom is 0.264 e. The van der Waals surface area contributed by atoms with Crippen molar-refractivity contribution in [2.24, 2.45) is 0 Å². The standard InChI is InChI=1S/C20H18FNO2S/c1-16-14-19(12-13-20(16)21)25(23,24)22(18-10-6-3-7-11-18)15-17-8-4-2-5-9-17/h2-14H,15H2,1H3. The zero-order valence-electron chi connectivity index (χ0n) is 13.8. The molecule has 5 heteroatoms. The van der Waals surface area contributed by atoms with Gasteiger partial charge in [-0.25, -0.2) is 12.8 Å². The molecule has 3 rings (SSSR count). The number of rotatable bonds is 5. The number of benzene rings is 3. The van der Waals surface area contributed by atoms with Gasteiger partial charge in [-0.1, -0.05) is 48.5 Å². The van der Waals surface area contributed by atoms with Crippen molar-refractivity contribution in [1.29, 1.82) is 0 Å². The molecule has 0 saturated carbocycles. The lowest BCUT2D eigenvalue weighted by Gasteiger charge is -2.25. The summed E-state index contributed by atoms with van der Waals surface area (Å²) < 4.78 is 41.3. The zero-order valence-corrected chi connectivity index (χ0v) is 14.6. The highest BCUT2D eigenvalue weighted by atomic mass is 32.2. The number of para-hydroxylation sites is 1. The van der Waals surface area contributed by atoms with Crippen molar-refractivity contribution in [3.8, 4) is 0 Å². The summed E-state index contributed by atoms with van der Waals surface area (Å²) in [6, 6.07) is 22.1. The first-order valence-corrected chi connectivity index (χ1v) is 9.30. The summed E-state index contributed by atoms with van der Waals surface area (Å²) >= 11 is 0. The van der Waals surface area contributed by atoms with Crippen molar-refractivity contribution >= 4 is 15.7 Å². The second-order valence-corrected chi connectivity index (χ2v) is 7.61. The van der Waals surface area contributed by atoms with Crippen LogP contribution in [0.4, 0.5) is 10.1 Å². The number of sulfonamides is 1. The molecule has 3 aromatic rings. The molecule has 0 unspecified atom stereocenters. The molecule has 0 spiro atoms. The van der Waals surface area contributed by atoms with Crippen molar-refractivity contribution in [3.05, 3.63) is 95.8 Å². The van der Waals surface area contributed by atoms with Crippen molar-refractivity contribution in [2.75, 3.05) is 4.31 Å². The summed E-state index contributed by atoms with van der Waals surface area (Å²) in [4.78, 5) is 0.0752. The van der Waals surface area contributed by atoms with Gasteiger partial charge in [0.1, 0.15) is 5.82 Å². The Balaban J connectivity index is 2.08. The molecule has 0 atom stereocenters. The van der Waals surface area contributed by atoms with E-state index in [1.54, 1.807) is 31.2 Å². The second-order valence-electron chi connectivity index (χ2n) is 5.74. The molecule has 0 aliphatic carbocycles. The number of hydrogen-bond donors (Lipinski definition) is 0. The van der Waals surface area contributed by atoms with E-state index >= 15 is 0 Å². The van der Waals surface area contributed by atoms with Crippen LogP contribution in [0.25, 0.3) is 0 Å². The van der Waals surface area contributed by atoms with Gasteiger partial charge >= 0.3 is 0 Å². The number of nitrogens with zero attached hydrogens (tertiary/aromatic N) is 1. The smallest absolute Gasteiger partial charge is 0.262 e. The first kappa shape index (κ1) is 17.2. The lowest BCUT2D eigenvalue weighted by molar-refractivity contribution is 0.588. The molecule has 0 aliphatic heterocycles. The van der Waals surface area contributed by atoms with E-state index in [0.29, 0.717) is 11.3 Å². The molecule has 0 amide bonds. The van der Waals surface area contributed by atoms with Crippen LogP contribution < -0.4 is 4.31 Å². The van der Waals surface area contributed by atoms with Gasteiger partial charge in [0.05, 0.1) is 17.1 Å². The highest BCUT2D eigenvalue weighted by molar-refractivity contribution is 7.92. The topological polar surface area (TPSA) is 37.4 Å². The summed E-state index contributed by atoms with van der Waals surface area (Å²) in [7, 11) is -3.82. The van der Waals surface area contributed by atoms with Crippen LogP contribution in [-0.4, -0.2) is 8.42 Å². The van der Waals surface area contributed by atoms with E-state index in [4.69, 9.17) is 0 Å². The zero-order chi connectivity index (χ0) is 17.9. The second kappa shape index (κ2) is 7.07. The van der Waals surface area contributed by atoms with Crippen LogP contribution in [0.3, 0.4) is 0 Å². The molecule has 0 bridgehead atoms. The number of aryl methyl sites for hydroxylation is 1. The molecular formula is C20H18FNO2S. The van der Waals surface area contributed by atoms with Crippen molar-refractivity contribution < 1.29 is 12.8 Å². The minimum absolute atomic E-state index is 0.0752. The molecule has 0 fully saturated rings. The fourth-order valence-corrected chi connectivity index (χ4v) is 4.10. The van der Waals surface area contributed by atoms with Gasteiger partial charge < -0.3 is 0 Å². The van der Waals surface area contributed by atoms with Gasteiger partial charge in [-0.3, -0.25) is 4.31 Å². The van der Waals surface area contributed by atoms with Crippen LogP contribution in [0.2, 0.25) is 0 Å². The Kier molecular flexibility index (Phi) is 4.86. The minimum Gasteiger partial charge on any atom is -0.262 e. The van der Waals surface area contributed by atoms with Gasteiger partial charge in [-0.05, 0) is 48.4 Å². The van der Waals surface area contributed by atoms with Crippen LogP contribution in [0.5, 0.6) is 0 Å². The van der Waals surface area contributed by atoms with E-state index in [-0.39, 0.29) is 11.4 Å². The fraction of sp³-hybridized carbons (Fsp3) is 0.100. The highest BCUT2D eigenvalue weighted by Gasteiger charge is 2.25. The summed E-state index contributed by atoms with van der Waals surface area (Å²) in [6.07, 6.45) is 0. The van der Waals surface area contributed by atoms with E-state index < -0.39 is 15.8 Å².